The highest BCUT2D eigenvalue weighted by atomic mass is 35.5. The molecule has 0 amide bonds. The van der Waals surface area contributed by atoms with Crippen molar-refractivity contribution < 1.29 is 0 Å². The molecule has 1 heterocycles. The molecule has 0 spiro atoms. The molecule has 56 valence electrons. The summed E-state index contributed by atoms with van der Waals surface area (Å²) in [7, 11) is 0. The van der Waals surface area contributed by atoms with Crippen molar-refractivity contribution in [1.29, 1.82) is 0 Å². The normalized spacial score (nSPS) is 8.70. The van der Waals surface area contributed by atoms with Crippen molar-refractivity contribution in [2.45, 2.75) is 0 Å². The van der Waals surface area contributed by atoms with Gasteiger partial charge in [0.15, 0.2) is 10.3 Å². The van der Waals surface area contributed by atoms with Gasteiger partial charge in [0, 0.05) is 0 Å². The molecule has 1 aromatic heterocycles. The van der Waals surface area contributed by atoms with Gasteiger partial charge in [-0.2, -0.15) is 0 Å². The van der Waals surface area contributed by atoms with Crippen LogP contribution in [0.25, 0.3) is 0 Å². The highest BCUT2D eigenvalue weighted by Crippen LogP contribution is 2.23. The van der Waals surface area contributed by atoms with Gasteiger partial charge in [-0.25, -0.2) is 0 Å². The Balaban J connectivity index is 0.000000810. The molecule has 0 atom stereocenters. The first kappa shape index (κ1) is 10.2. The Morgan fingerprint density at radius 3 is 1.60 bits per heavy atom. The lowest BCUT2D eigenvalue weighted by Gasteiger charge is -1.90. The lowest BCUT2D eigenvalue weighted by molar-refractivity contribution is 0.866. The Hall–Kier alpha value is 0.170. The van der Waals surface area contributed by atoms with E-state index in [9.17, 15) is 0 Å². The second-order valence-corrected chi connectivity index (χ2v) is 2.28. The number of hydrogen-bond acceptors (Lipinski definition) is 3. The number of rotatable bonds is 0. The Kier molecular flexibility index (Phi) is 4.20. The molecular formula is C3HCl4N3. The fourth-order valence-corrected chi connectivity index (χ4v) is 0.644. The first-order chi connectivity index (χ1) is 4.22. The minimum absolute atomic E-state index is 0. The molecule has 0 fully saturated rings. The fourth-order valence-electron chi connectivity index (χ4n) is 0.274. The molecular weight excluding hydrogens is 220 g/mol. The van der Waals surface area contributed by atoms with Crippen LogP contribution < -0.4 is 0 Å². The predicted octanol–water partition coefficient (Wildman–Crippen LogP) is 2.25. The lowest BCUT2D eigenvalue weighted by Crippen LogP contribution is -1.88. The number of halogens is 4. The Bertz CT molecular complexity index is 207. The zero-order valence-corrected chi connectivity index (χ0v) is 7.47. The summed E-state index contributed by atoms with van der Waals surface area (Å²) in [5.74, 6) is 0. The van der Waals surface area contributed by atoms with Crippen LogP contribution in [0.2, 0.25) is 15.3 Å². The molecule has 0 unspecified atom stereocenters. The van der Waals surface area contributed by atoms with E-state index < -0.39 is 0 Å². The summed E-state index contributed by atoms with van der Waals surface area (Å²) in [5.41, 5.74) is 0. The summed E-state index contributed by atoms with van der Waals surface area (Å²) < 4.78 is 0. The summed E-state index contributed by atoms with van der Waals surface area (Å²) in [4.78, 5) is 0. The largest absolute Gasteiger partial charge is 0.175 e. The molecule has 0 N–H and O–H groups in total. The molecule has 10 heavy (non-hydrogen) atoms. The molecule has 1 aromatic rings. The quantitative estimate of drug-likeness (QED) is 0.674. The van der Waals surface area contributed by atoms with Gasteiger partial charge in [-0.05, 0) is 5.21 Å². The van der Waals surface area contributed by atoms with Crippen LogP contribution in [-0.2, 0) is 0 Å². The third-order valence-corrected chi connectivity index (χ3v) is 1.71. The standard InChI is InChI=1S/C3Cl3N3.ClH/c4-1-2(5)7-9-8-3(1)6;/h;1H. The average Bonchev–Trinajstić information content (AvgIpc) is 1.83. The molecule has 0 radical (unpaired) electrons. The first-order valence-electron chi connectivity index (χ1n) is 1.91. The third-order valence-electron chi connectivity index (χ3n) is 0.627. The second kappa shape index (κ2) is 4.13. The molecule has 1 rings (SSSR count). The highest BCUT2D eigenvalue weighted by molar-refractivity contribution is 6.46. The monoisotopic (exact) mass is 219 g/mol. The van der Waals surface area contributed by atoms with Crippen molar-refractivity contribution in [1.82, 2.24) is 15.4 Å². The van der Waals surface area contributed by atoms with E-state index in [0.29, 0.717) is 0 Å². The van der Waals surface area contributed by atoms with E-state index >= 15 is 0 Å². The van der Waals surface area contributed by atoms with Crippen molar-refractivity contribution in [3.05, 3.63) is 15.3 Å². The zero-order valence-electron chi connectivity index (χ0n) is 4.38. The summed E-state index contributed by atoms with van der Waals surface area (Å²) >= 11 is 16.2. The summed E-state index contributed by atoms with van der Waals surface area (Å²) in [6.45, 7) is 0. The van der Waals surface area contributed by atoms with E-state index in [1.54, 1.807) is 0 Å². The average molecular weight is 221 g/mol. The maximum Gasteiger partial charge on any atom is 0.175 e. The summed E-state index contributed by atoms with van der Waals surface area (Å²) in [6, 6.07) is 0. The number of hydrogen-bond donors (Lipinski definition) is 0. The van der Waals surface area contributed by atoms with E-state index in [1.165, 1.54) is 0 Å². The fraction of sp³-hybridized carbons (Fsp3) is 0. The highest BCUT2D eigenvalue weighted by Gasteiger charge is 2.03. The zero-order chi connectivity index (χ0) is 6.85. The smallest absolute Gasteiger partial charge is 0.147 e. The SMILES string of the molecule is Cl.Clc1nnnc(Cl)c1Cl. The van der Waals surface area contributed by atoms with Crippen LogP contribution in [0.15, 0.2) is 0 Å². The molecule has 0 bridgehead atoms. The van der Waals surface area contributed by atoms with Gasteiger partial charge in [0.25, 0.3) is 0 Å². The van der Waals surface area contributed by atoms with Gasteiger partial charge in [-0.1, -0.05) is 34.8 Å². The number of aromatic nitrogens is 3. The van der Waals surface area contributed by atoms with E-state index in [4.69, 9.17) is 34.8 Å². The van der Waals surface area contributed by atoms with Gasteiger partial charge in [-0.15, -0.1) is 22.6 Å². The second-order valence-electron chi connectivity index (χ2n) is 1.19. The van der Waals surface area contributed by atoms with Crippen LogP contribution in [0.5, 0.6) is 0 Å². The van der Waals surface area contributed by atoms with Crippen LogP contribution in [0.1, 0.15) is 0 Å². The van der Waals surface area contributed by atoms with Crippen molar-refractivity contribution in [3.63, 3.8) is 0 Å². The predicted molar refractivity (Wildman–Crippen MR) is 42.1 cm³/mol. The first-order valence-corrected chi connectivity index (χ1v) is 3.05. The van der Waals surface area contributed by atoms with Gasteiger partial charge in [0.05, 0.1) is 0 Å². The molecule has 0 aliphatic carbocycles. The van der Waals surface area contributed by atoms with Crippen LogP contribution >= 0.6 is 47.2 Å². The Morgan fingerprint density at radius 1 is 0.900 bits per heavy atom. The molecule has 0 aliphatic rings. The molecule has 0 saturated heterocycles. The molecule has 7 heteroatoms. The van der Waals surface area contributed by atoms with Crippen molar-refractivity contribution in [2.75, 3.05) is 0 Å². The minimum Gasteiger partial charge on any atom is -0.147 e. The van der Waals surface area contributed by atoms with Gasteiger partial charge < -0.3 is 0 Å². The molecule has 0 saturated carbocycles. The Morgan fingerprint density at radius 2 is 1.30 bits per heavy atom. The van der Waals surface area contributed by atoms with Crippen molar-refractivity contribution in [3.8, 4) is 0 Å². The van der Waals surface area contributed by atoms with E-state index in [1.807, 2.05) is 0 Å². The number of nitrogens with zero attached hydrogens (tertiary/aromatic N) is 3. The van der Waals surface area contributed by atoms with E-state index in [-0.39, 0.29) is 27.7 Å². The van der Waals surface area contributed by atoms with Crippen molar-refractivity contribution >= 4 is 47.2 Å². The molecule has 0 aliphatic heterocycles. The van der Waals surface area contributed by atoms with Crippen LogP contribution in [0, 0.1) is 0 Å². The van der Waals surface area contributed by atoms with Gasteiger partial charge >= 0.3 is 0 Å². The van der Waals surface area contributed by atoms with E-state index in [2.05, 4.69) is 15.4 Å². The lowest BCUT2D eigenvalue weighted by atomic mass is 10.7. The third kappa shape index (κ3) is 2.09. The summed E-state index contributed by atoms with van der Waals surface area (Å²) in [6.07, 6.45) is 0. The van der Waals surface area contributed by atoms with Gasteiger partial charge in [0.2, 0.25) is 0 Å². The van der Waals surface area contributed by atoms with Crippen molar-refractivity contribution in [2.24, 2.45) is 0 Å². The van der Waals surface area contributed by atoms with Crippen LogP contribution in [-0.4, -0.2) is 15.4 Å². The van der Waals surface area contributed by atoms with Crippen LogP contribution in [0.4, 0.5) is 0 Å². The maximum atomic E-state index is 5.45. The topological polar surface area (TPSA) is 38.7 Å². The summed E-state index contributed by atoms with van der Waals surface area (Å²) in [5, 5.41) is 10.1. The van der Waals surface area contributed by atoms with Gasteiger partial charge in [0.1, 0.15) is 5.02 Å². The molecule has 0 aromatic carbocycles. The Labute approximate surface area is 78.1 Å². The van der Waals surface area contributed by atoms with E-state index in [0.717, 1.165) is 0 Å². The van der Waals surface area contributed by atoms with Gasteiger partial charge in [-0.3, -0.25) is 0 Å². The minimum atomic E-state index is 0. The van der Waals surface area contributed by atoms with Crippen LogP contribution in [0.3, 0.4) is 0 Å². The molecule has 3 nitrogen and oxygen atoms in total. The maximum absolute atomic E-state index is 5.45.